The Morgan fingerprint density at radius 3 is 2.44 bits per heavy atom. The molecule has 3 aromatic rings. The van der Waals surface area contributed by atoms with Gasteiger partial charge in [0.15, 0.2) is 10.8 Å². The van der Waals surface area contributed by atoms with Gasteiger partial charge in [0.1, 0.15) is 17.9 Å². The third-order valence-electron chi connectivity index (χ3n) is 10.6. The van der Waals surface area contributed by atoms with Crippen LogP contribution >= 0.6 is 0 Å². The summed E-state index contributed by atoms with van der Waals surface area (Å²) in [5.74, 6) is 0.565. The van der Waals surface area contributed by atoms with Crippen LogP contribution in [0.2, 0.25) is 0 Å². The number of rotatable bonds is 11. The first-order valence-corrected chi connectivity index (χ1v) is 19.3. The Morgan fingerprint density at radius 2 is 1.76 bits per heavy atom. The van der Waals surface area contributed by atoms with E-state index in [4.69, 9.17) is 4.74 Å². The number of carbonyl (C=O) groups excluding carboxylic acids is 1. The molecule has 3 aliphatic rings. The van der Waals surface area contributed by atoms with Crippen molar-refractivity contribution in [2.75, 3.05) is 37.6 Å². The molecule has 1 spiro atoms. The fourth-order valence-electron chi connectivity index (χ4n) is 7.99. The zero-order valence-corrected chi connectivity index (χ0v) is 30.3. The van der Waals surface area contributed by atoms with E-state index in [9.17, 15) is 17.6 Å². The highest BCUT2D eigenvalue weighted by Crippen LogP contribution is 2.45. The fraction of sp³-hybridized carbons (Fsp3) is 0.583. The zero-order valence-electron chi connectivity index (χ0n) is 29.5. The van der Waals surface area contributed by atoms with Crippen LogP contribution < -0.4 is 14.4 Å². The molecule has 2 aromatic heterocycles. The van der Waals surface area contributed by atoms with E-state index in [-0.39, 0.29) is 51.7 Å². The molecule has 50 heavy (non-hydrogen) atoms. The molecular formula is C36H49FN8O4S. The molecule has 1 N–H and O–H groups in total. The number of carbonyl (C=O) groups is 1. The van der Waals surface area contributed by atoms with Crippen molar-refractivity contribution in [3.63, 3.8) is 0 Å². The van der Waals surface area contributed by atoms with Gasteiger partial charge in [-0.2, -0.15) is 0 Å². The molecule has 0 radical (unpaired) electrons. The molecule has 1 saturated carbocycles. The molecule has 1 aromatic carbocycles. The largest absolute Gasteiger partial charge is 0.434 e. The van der Waals surface area contributed by atoms with E-state index in [2.05, 4.69) is 34.7 Å². The number of aromatic nitrogens is 4. The lowest BCUT2D eigenvalue weighted by molar-refractivity contribution is 0.0551. The van der Waals surface area contributed by atoms with Gasteiger partial charge in [0.25, 0.3) is 21.8 Å². The number of nitrogens with one attached hydrogen (secondary N) is 1. The molecular weight excluding hydrogens is 660 g/mol. The molecule has 270 valence electrons. The Balaban J connectivity index is 1.03. The predicted molar refractivity (Wildman–Crippen MR) is 188 cm³/mol. The summed E-state index contributed by atoms with van der Waals surface area (Å²) in [7, 11) is -3.61. The topological polar surface area (TPSA) is 134 Å². The zero-order chi connectivity index (χ0) is 35.5. The van der Waals surface area contributed by atoms with E-state index >= 15 is 0 Å². The van der Waals surface area contributed by atoms with Crippen LogP contribution in [0.4, 0.5) is 10.2 Å². The fourth-order valence-corrected chi connectivity index (χ4v) is 9.24. The SMILES string of the molecule is CC(C)N(C(=O)c1cc(F)ccc1Oc1nncnc1N1CC[C@@H](CN2CCC3(CCC(NS(=O)(=O)c4ccccn4)CC3)CC2)C1)C(C)C. The van der Waals surface area contributed by atoms with Crippen LogP contribution in [0.3, 0.4) is 0 Å². The average Bonchev–Trinajstić information content (AvgIpc) is 3.56. The second-order valence-corrected chi connectivity index (χ2v) is 16.4. The first-order valence-electron chi connectivity index (χ1n) is 17.8. The number of benzene rings is 1. The number of pyridine rings is 1. The summed E-state index contributed by atoms with van der Waals surface area (Å²) in [4.78, 5) is 28.5. The molecule has 0 unspecified atom stereocenters. The summed E-state index contributed by atoms with van der Waals surface area (Å²) in [6.45, 7) is 12.4. The molecule has 1 aliphatic carbocycles. The lowest BCUT2D eigenvalue weighted by Crippen LogP contribution is -2.46. The van der Waals surface area contributed by atoms with Crippen molar-refractivity contribution in [3.05, 3.63) is 60.3 Å². The van der Waals surface area contributed by atoms with E-state index in [0.29, 0.717) is 11.7 Å². The van der Waals surface area contributed by atoms with Gasteiger partial charge in [-0.3, -0.25) is 4.79 Å². The summed E-state index contributed by atoms with van der Waals surface area (Å²) in [6.07, 6.45) is 9.92. The number of hydrogen-bond donors (Lipinski definition) is 1. The third kappa shape index (κ3) is 8.24. The van der Waals surface area contributed by atoms with Gasteiger partial charge in [0.2, 0.25) is 0 Å². The Kier molecular flexibility index (Phi) is 11.0. The van der Waals surface area contributed by atoms with Crippen LogP contribution in [0.1, 0.15) is 83.0 Å². The molecule has 1 atom stereocenters. The van der Waals surface area contributed by atoms with Gasteiger partial charge in [-0.1, -0.05) is 6.07 Å². The molecule has 0 bridgehead atoms. The number of piperidine rings is 1. The lowest BCUT2D eigenvalue weighted by atomic mass is 9.67. The van der Waals surface area contributed by atoms with E-state index in [1.807, 2.05) is 27.7 Å². The highest BCUT2D eigenvalue weighted by atomic mass is 32.2. The van der Waals surface area contributed by atoms with Gasteiger partial charge >= 0.3 is 0 Å². The van der Waals surface area contributed by atoms with Gasteiger partial charge in [-0.15, -0.1) is 10.2 Å². The molecule has 4 heterocycles. The van der Waals surface area contributed by atoms with Gasteiger partial charge < -0.3 is 19.4 Å². The number of hydrogen-bond acceptors (Lipinski definition) is 10. The smallest absolute Gasteiger partial charge is 0.282 e. The molecule has 3 fully saturated rings. The summed E-state index contributed by atoms with van der Waals surface area (Å²) in [5, 5.41) is 8.28. The molecule has 12 nitrogen and oxygen atoms in total. The van der Waals surface area contributed by atoms with Gasteiger partial charge in [0, 0.05) is 44.0 Å². The minimum absolute atomic E-state index is 0.0507. The number of likely N-dealkylation sites (tertiary alicyclic amines) is 1. The quantitative estimate of drug-likeness (QED) is 0.280. The van der Waals surface area contributed by atoms with Gasteiger partial charge in [-0.25, -0.2) is 27.5 Å². The number of amides is 1. The molecule has 6 rings (SSSR count). The maximum absolute atomic E-state index is 14.4. The van der Waals surface area contributed by atoms with Crippen LogP contribution in [0.25, 0.3) is 0 Å². The number of sulfonamides is 1. The first kappa shape index (κ1) is 36.1. The second kappa shape index (κ2) is 15.2. The Bertz CT molecular complexity index is 1720. The number of anilines is 1. The van der Waals surface area contributed by atoms with E-state index in [0.717, 1.165) is 77.7 Å². The van der Waals surface area contributed by atoms with Crippen molar-refractivity contribution >= 4 is 21.7 Å². The maximum Gasteiger partial charge on any atom is 0.282 e. The molecule has 2 aliphatic heterocycles. The first-order chi connectivity index (χ1) is 23.9. The van der Waals surface area contributed by atoms with E-state index < -0.39 is 15.8 Å². The monoisotopic (exact) mass is 708 g/mol. The van der Waals surface area contributed by atoms with Crippen LogP contribution in [0.15, 0.2) is 53.9 Å². The molecule has 14 heteroatoms. The van der Waals surface area contributed by atoms with E-state index in [1.165, 1.54) is 36.8 Å². The van der Waals surface area contributed by atoms with E-state index in [1.54, 1.807) is 17.0 Å². The lowest BCUT2D eigenvalue weighted by Gasteiger charge is -2.46. The Labute approximate surface area is 294 Å². The molecule has 1 amide bonds. The van der Waals surface area contributed by atoms with Crippen LogP contribution in [-0.2, 0) is 10.0 Å². The van der Waals surface area contributed by atoms with Crippen molar-refractivity contribution in [1.29, 1.82) is 0 Å². The van der Waals surface area contributed by atoms with Crippen LogP contribution in [-0.4, -0.2) is 95.1 Å². The summed E-state index contributed by atoms with van der Waals surface area (Å²) >= 11 is 0. The standard InChI is InChI=1S/C36H49FN8O4S/c1-25(2)45(26(3)4)35(46)30-21-28(37)8-9-31(30)49-34-33(39-24-40-41-34)44-18-12-27(23-44)22-43-19-15-36(16-20-43)13-10-29(11-14-36)42-50(47,48)32-7-5-6-17-38-32/h5-9,17,21,24-27,29,42H,10-16,18-20,22-23H2,1-4H3/t27-/m0/s1. The number of nitrogens with zero attached hydrogens (tertiary/aromatic N) is 7. The number of ether oxygens (including phenoxy) is 1. The highest BCUT2D eigenvalue weighted by Gasteiger charge is 2.40. The molecule has 2 saturated heterocycles. The van der Waals surface area contributed by atoms with Crippen LogP contribution in [0.5, 0.6) is 11.6 Å². The van der Waals surface area contributed by atoms with Gasteiger partial charge in [0.05, 0.1) is 5.56 Å². The maximum atomic E-state index is 14.4. The predicted octanol–water partition coefficient (Wildman–Crippen LogP) is 5.29. The summed E-state index contributed by atoms with van der Waals surface area (Å²) in [6, 6.07) is 8.67. The average molecular weight is 709 g/mol. The van der Waals surface area contributed by atoms with Gasteiger partial charge in [-0.05, 0) is 127 Å². The van der Waals surface area contributed by atoms with Crippen molar-refractivity contribution in [1.82, 2.24) is 34.7 Å². The van der Waals surface area contributed by atoms with Crippen molar-refractivity contribution < 1.29 is 22.3 Å². The normalized spacial score (nSPS) is 20.1. The highest BCUT2D eigenvalue weighted by molar-refractivity contribution is 7.89. The Morgan fingerprint density at radius 1 is 1.02 bits per heavy atom. The minimum Gasteiger partial charge on any atom is -0.434 e. The van der Waals surface area contributed by atoms with Crippen molar-refractivity contribution in [3.8, 4) is 11.6 Å². The van der Waals surface area contributed by atoms with Crippen LogP contribution in [0, 0.1) is 17.2 Å². The second-order valence-electron chi connectivity index (χ2n) is 14.7. The summed E-state index contributed by atoms with van der Waals surface area (Å²) < 4.78 is 49.0. The minimum atomic E-state index is -3.61. The van der Waals surface area contributed by atoms with Crippen molar-refractivity contribution in [2.45, 2.75) is 95.8 Å². The van der Waals surface area contributed by atoms with Crippen molar-refractivity contribution in [2.24, 2.45) is 11.3 Å². The third-order valence-corrected chi connectivity index (χ3v) is 12.0. The Hall–Kier alpha value is -3.75. The number of halogens is 1. The summed E-state index contributed by atoms with van der Waals surface area (Å²) in [5.41, 5.74) is 0.414.